The number of nitrogens with zero attached hydrogens (tertiary/aromatic N) is 2. The van der Waals surface area contributed by atoms with Crippen LogP contribution in [-0.4, -0.2) is 21.3 Å². The Balaban J connectivity index is 2.08. The van der Waals surface area contributed by atoms with Crippen LogP contribution in [-0.2, 0) is 17.6 Å². The van der Waals surface area contributed by atoms with E-state index in [4.69, 9.17) is 9.52 Å². The fraction of sp³-hybridized carbons (Fsp3) is 0.182. The Kier molecular flexibility index (Phi) is 3.53. The van der Waals surface area contributed by atoms with E-state index in [1.807, 2.05) is 24.3 Å². The van der Waals surface area contributed by atoms with Crippen molar-refractivity contribution in [1.29, 1.82) is 0 Å². The minimum atomic E-state index is -0.984. The van der Waals surface area contributed by atoms with Crippen LogP contribution in [0.4, 0.5) is 0 Å². The summed E-state index contributed by atoms with van der Waals surface area (Å²) in [4.78, 5) is 10.4. The van der Waals surface area contributed by atoms with Crippen LogP contribution >= 0.6 is 15.9 Å². The molecule has 0 unspecified atom stereocenters. The summed E-state index contributed by atoms with van der Waals surface area (Å²) in [6.45, 7) is 0. The van der Waals surface area contributed by atoms with Gasteiger partial charge in [0.2, 0.25) is 11.8 Å². The van der Waals surface area contributed by atoms with Gasteiger partial charge in [-0.05, 0) is 17.7 Å². The summed E-state index contributed by atoms with van der Waals surface area (Å²) in [5.74, 6) is -0.440. The molecule has 0 aliphatic rings. The van der Waals surface area contributed by atoms with Crippen LogP contribution in [0.15, 0.2) is 33.2 Å². The number of hydrogen-bond acceptors (Lipinski definition) is 4. The van der Waals surface area contributed by atoms with Gasteiger partial charge in [0, 0.05) is 4.47 Å². The molecule has 1 heterocycles. The summed E-state index contributed by atoms with van der Waals surface area (Å²) in [6.07, 6.45) is 0.248. The average molecular weight is 297 g/mol. The minimum Gasteiger partial charge on any atom is -0.481 e. The van der Waals surface area contributed by atoms with Gasteiger partial charge >= 0.3 is 5.97 Å². The molecule has 2 rings (SSSR count). The van der Waals surface area contributed by atoms with E-state index in [9.17, 15) is 4.79 Å². The summed E-state index contributed by atoms with van der Waals surface area (Å²) >= 11 is 3.37. The molecule has 1 aromatic carbocycles. The van der Waals surface area contributed by atoms with Crippen molar-refractivity contribution in [2.45, 2.75) is 12.8 Å². The highest BCUT2D eigenvalue weighted by Crippen LogP contribution is 2.14. The molecule has 0 aliphatic carbocycles. The van der Waals surface area contributed by atoms with Crippen molar-refractivity contribution in [2.75, 3.05) is 0 Å². The molecular formula is C11H9BrN2O3. The SMILES string of the molecule is O=C(O)Cc1nnc(Cc2cccc(Br)c2)o1. The topological polar surface area (TPSA) is 76.2 Å². The molecule has 0 atom stereocenters. The smallest absolute Gasteiger partial charge is 0.312 e. The maximum Gasteiger partial charge on any atom is 0.312 e. The predicted molar refractivity (Wildman–Crippen MR) is 62.6 cm³/mol. The van der Waals surface area contributed by atoms with E-state index in [0.717, 1.165) is 10.0 Å². The van der Waals surface area contributed by atoms with Crippen molar-refractivity contribution in [2.24, 2.45) is 0 Å². The number of benzene rings is 1. The maximum atomic E-state index is 10.4. The van der Waals surface area contributed by atoms with Crippen molar-refractivity contribution >= 4 is 21.9 Å². The number of aromatic nitrogens is 2. The first-order valence-corrected chi connectivity index (χ1v) is 5.70. The van der Waals surface area contributed by atoms with Crippen LogP contribution in [0.5, 0.6) is 0 Å². The minimum absolute atomic E-state index is 0.127. The molecule has 1 aromatic heterocycles. The predicted octanol–water partition coefficient (Wildman–Crippen LogP) is 2.05. The van der Waals surface area contributed by atoms with Crippen LogP contribution in [0.1, 0.15) is 17.3 Å². The molecule has 6 heteroatoms. The first-order chi connectivity index (χ1) is 8.13. The highest BCUT2D eigenvalue weighted by Gasteiger charge is 2.10. The van der Waals surface area contributed by atoms with Crippen LogP contribution in [0.2, 0.25) is 0 Å². The van der Waals surface area contributed by atoms with Gasteiger partial charge in [0.15, 0.2) is 0 Å². The Morgan fingerprint density at radius 3 is 2.82 bits per heavy atom. The Bertz CT molecular complexity index is 539. The molecule has 0 bridgehead atoms. The monoisotopic (exact) mass is 296 g/mol. The molecular weight excluding hydrogens is 288 g/mol. The molecule has 88 valence electrons. The van der Waals surface area contributed by atoms with Gasteiger partial charge in [-0.15, -0.1) is 10.2 Å². The van der Waals surface area contributed by atoms with E-state index in [1.54, 1.807) is 0 Å². The standard InChI is InChI=1S/C11H9BrN2O3/c12-8-3-1-2-7(4-8)5-9-13-14-10(17-9)6-11(15)16/h1-4H,5-6H2,(H,15,16). The lowest BCUT2D eigenvalue weighted by Crippen LogP contribution is -1.99. The lowest BCUT2D eigenvalue weighted by molar-refractivity contribution is -0.136. The lowest BCUT2D eigenvalue weighted by atomic mass is 10.1. The van der Waals surface area contributed by atoms with Gasteiger partial charge in [0.05, 0.1) is 6.42 Å². The van der Waals surface area contributed by atoms with E-state index < -0.39 is 5.97 Å². The molecule has 0 spiro atoms. The van der Waals surface area contributed by atoms with E-state index in [-0.39, 0.29) is 12.3 Å². The number of rotatable bonds is 4. The summed E-state index contributed by atoms with van der Waals surface area (Å²) < 4.78 is 6.19. The Morgan fingerprint density at radius 2 is 2.12 bits per heavy atom. The van der Waals surface area contributed by atoms with E-state index >= 15 is 0 Å². The molecule has 0 fully saturated rings. The fourth-order valence-corrected chi connectivity index (χ4v) is 1.83. The molecule has 0 saturated heterocycles. The molecule has 0 radical (unpaired) electrons. The summed E-state index contributed by atoms with van der Waals surface area (Å²) in [5, 5.41) is 16.0. The third-order valence-corrected chi connectivity index (χ3v) is 2.55. The van der Waals surface area contributed by atoms with Crippen LogP contribution in [0.25, 0.3) is 0 Å². The van der Waals surface area contributed by atoms with Gasteiger partial charge in [0.25, 0.3) is 0 Å². The molecule has 0 amide bonds. The van der Waals surface area contributed by atoms with Crippen LogP contribution < -0.4 is 0 Å². The number of carbonyl (C=O) groups is 1. The fourth-order valence-electron chi connectivity index (χ4n) is 1.38. The van der Waals surface area contributed by atoms with Crippen molar-refractivity contribution in [1.82, 2.24) is 10.2 Å². The number of hydrogen-bond donors (Lipinski definition) is 1. The summed E-state index contributed by atoms with van der Waals surface area (Å²) in [6, 6.07) is 7.72. The zero-order valence-electron chi connectivity index (χ0n) is 8.76. The normalized spacial score (nSPS) is 10.4. The molecule has 0 saturated carbocycles. The largest absolute Gasteiger partial charge is 0.481 e. The third kappa shape index (κ3) is 3.39. The average Bonchev–Trinajstić information content (AvgIpc) is 2.64. The molecule has 2 aromatic rings. The van der Waals surface area contributed by atoms with Crippen molar-refractivity contribution in [3.8, 4) is 0 Å². The van der Waals surface area contributed by atoms with E-state index in [2.05, 4.69) is 26.1 Å². The molecule has 5 nitrogen and oxygen atoms in total. The highest BCUT2D eigenvalue weighted by atomic mass is 79.9. The van der Waals surface area contributed by atoms with Gasteiger partial charge in [-0.25, -0.2) is 0 Å². The number of aliphatic carboxylic acids is 1. The second kappa shape index (κ2) is 5.09. The Morgan fingerprint density at radius 1 is 1.35 bits per heavy atom. The second-order valence-corrected chi connectivity index (χ2v) is 4.38. The van der Waals surface area contributed by atoms with Crippen LogP contribution in [0.3, 0.4) is 0 Å². The van der Waals surface area contributed by atoms with Gasteiger partial charge in [-0.3, -0.25) is 4.79 Å². The number of carboxylic acids is 1. The Labute approximate surface area is 106 Å². The second-order valence-electron chi connectivity index (χ2n) is 3.47. The molecule has 1 N–H and O–H groups in total. The first kappa shape index (κ1) is 11.8. The summed E-state index contributed by atoms with van der Waals surface area (Å²) in [5.41, 5.74) is 1.02. The van der Waals surface area contributed by atoms with Gasteiger partial charge in [-0.1, -0.05) is 28.1 Å². The molecule has 17 heavy (non-hydrogen) atoms. The lowest BCUT2D eigenvalue weighted by Gasteiger charge is -1.97. The first-order valence-electron chi connectivity index (χ1n) is 4.91. The Hall–Kier alpha value is -1.69. The third-order valence-electron chi connectivity index (χ3n) is 2.06. The van der Waals surface area contributed by atoms with Crippen molar-refractivity contribution < 1.29 is 14.3 Å². The zero-order valence-corrected chi connectivity index (χ0v) is 10.3. The van der Waals surface area contributed by atoms with E-state index in [1.165, 1.54) is 0 Å². The van der Waals surface area contributed by atoms with Crippen molar-refractivity contribution in [3.63, 3.8) is 0 Å². The van der Waals surface area contributed by atoms with Crippen molar-refractivity contribution in [3.05, 3.63) is 46.1 Å². The highest BCUT2D eigenvalue weighted by molar-refractivity contribution is 9.10. The van der Waals surface area contributed by atoms with E-state index in [0.29, 0.717) is 12.3 Å². The quantitative estimate of drug-likeness (QED) is 0.934. The van der Waals surface area contributed by atoms with Gasteiger partial charge in [0.1, 0.15) is 6.42 Å². The number of carboxylic acid groups (broad SMARTS) is 1. The summed E-state index contributed by atoms with van der Waals surface area (Å²) in [7, 11) is 0. The van der Waals surface area contributed by atoms with Crippen LogP contribution in [0, 0.1) is 0 Å². The number of halogens is 1. The van der Waals surface area contributed by atoms with Gasteiger partial charge < -0.3 is 9.52 Å². The van der Waals surface area contributed by atoms with Gasteiger partial charge in [-0.2, -0.15) is 0 Å². The molecule has 0 aliphatic heterocycles. The maximum absolute atomic E-state index is 10.4. The zero-order chi connectivity index (χ0) is 12.3.